The Morgan fingerprint density at radius 1 is 0.523 bits per heavy atom. The van der Waals surface area contributed by atoms with E-state index in [4.69, 9.17) is 4.74 Å². The topological polar surface area (TPSA) is 25.2 Å². The van der Waals surface area contributed by atoms with Crippen molar-refractivity contribution in [3.05, 3.63) is 169 Å². The van der Waals surface area contributed by atoms with Crippen molar-refractivity contribution in [1.29, 1.82) is 0 Å². The van der Waals surface area contributed by atoms with E-state index in [1.54, 1.807) is 0 Å². The summed E-state index contributed by atoms with van der Waals surface area (Å²) in [5, 5.41) is 0. The number of pyridine rings is 1. The third-order valence-electron chi connectivity index (χ3n) is 9.26. The molecule has 0 aliphatic carbocycles. The second kappa shape index (κ2) is 8.55. The van der Waals surface area contributed by atoms with Gasteiger partial charge in [0.05, 0.1) is 18.0 Å². The van der Waals surface area contributed by atoms with Crippen LogP contribution in [0, 0.1) is 0 Å². The van der Waals surface area contributed by atoms with Gasteiger partial charge in [-0.1, -0.05) is 95.7 Å². The number of fused-ring (bicyclic) bond motifs is 3. The van der Waals surface area contributed by atoms with Gasteiger partial charge in [0.2, 0.25) is 6.20 Å². The Hall–Kier alpha value is -5.94. The van der Waals surface area contributed by atoms with Crippen molar-refractivity contribution in [2.24, 2.45) is 0 Å². The van der Waals surface area contributed by atoms with Crippen LogP contribution in [0.5, 0.6) is 11.5 Å². The minimum atomic E-state index is -0.680. The van der Waals surface area contributed by atoms with E-state index in [2.05, 4.69) is 177 Å². The molecule has 206 valence electrons. The summed E-state index contributed by atoms with van der Waals surface area (Å²) in [5.74, 6) is 2.83. The van der Waals surface area contributed by atoms with E-state index >= 15 is 0 Å². The molecule has 44 heavy (non-hydrogen) atoms. The normalized spacial score (nSPS) is 16.4. The zero-order chi connectivity index (χ0) is 28.8. The third kappa shape index (κ3) is 2.93. The summed E-state index contributed by atoms with van der Waals surface area (Å²) in [4.78, 5) is 2.34. The van der Waals surface area contributed by atoms with Gasteiger partial charge >= 0.3 is 5.66 Å². The Morgan fingerprint density at radius 3 is 1.89 bits per heavy atom. The lowest BCUT2D eigenvalue weighted by atomic mass is 9.83. The third-order valence-corrected chi connectivity index (χ3v) is 9.26. The zero-order valence-corrected chi connectivity index (χ0v) is 23.7. The van der Waals surface area contributed by atoms with Gasteiger partial charge in [-0.15, -0.1) is 4.68 Å². The average molecular weight is 567 g/mol. The number of aromatic nitrogens is 3. The number of benzene rings is 5. The summed E-state index contributed by atoms with van der Waals surface area (Å²) >= 11 is 0. The van der Waals surface area contributed by atoms with Gasteiger partial charge in [0, 0.05) is 6.07 Å². The number of para-hydroxylation sites is 1. The Kier molecular flexibility index (Phi) is 4.59. The van der Waals surface area contributed by atoms with Crippen LogP contribution in [0.2, 0.25) is 0 Å². The highest BCUT2D eigenvalue weighted by molar-refractivity contribution is 5.82. The molecule has 0 bridgehead atoms. The molecule has 0 radical (unpaired) electrons. The molecule has 0 N–H and O–H groups in total. The maximum Gasteiger partial charge on any atom is 0.397 e. The predicted molar refractivity (Wildman–Crippen MR) is 170 cm³/mol. The lowest BCUT2D eigenvalue weighted by Crippen LogP contribution is -2.76. The SMILES string of the molecule is c1ccc(-c2ccc(-c3cn4[n+](c3)C35c6c(cccc6N(c6ccccc6)c6cccc[n+]63)Oc3cccc-4c35)cc2)cc1. The van der Waals surface area contributed by atoms with Crippen molar-refractivity contribution in [3.8, 4) is 39.4 Å². The van der Waals surface area contributed by atoms with Crippen LogP contribution in [0.25, 0.3) is 27.9 Å². The molecule has 5 heteroatoms. The minimum absolute atomic E-state index is 0.680. The molecule has 5 aromatic carbocycles. The first-order valence-electron chi connectivity index (χ1n) is 14.9. The van der Waals surface area contributed by atoms with Crippen LogP contribution in [0.15, 0.2) is 158 Å². The fourth-order valence-electron chi connectivity index (χ4n) is 7.46. The van der Waals surface area contributed by atoms with Crippen LogP contribution in [0.4, 0.5) is 17.2 Å². The van der Waals surface area contributed by atoms with Gasteiger partial charge in [-0.3, -0.25) is 0 Å². The van der Waals surface area contributed by atoms with E-state index < -0.39 is 5.66 Å². The molecule has 3 aliphatic heterocycles. The summed E-state index contributed by atoms with van der Waals surface area (Å²) < 4.78 is 13.8. The molecule has 0 amide bonds. The van der Waals surface area contributed by atoms with Gasteiger partial charge in [0.15, 0.2) is 11.3 Å². The molecule has 1 atom stereocenters. The lowest BCUT2D eigenvalue weighted by molar-refractivity contribution is -0.991. The Bertz CT molecular complexity index is 2260. The molecule has 5 heterocycles. The zero-order valence-electron chi connectivity index (χ0n) is 23.7. The molecular weight excluding hydrogens is 540 g/mol. The quantitative estimate of drug-likeness (QED) is 0.203. The molecule has 1 unspecified atom stereocenters. The van der Waals surface area contributed by atoms with Crippen LogP contribution < -0.4 is 18.9 Å². The van der Waals surface area contributed by atoms with Crippen LogP contribution in [0.3, 0.4) is 0 Å². The van der Waals surface area contributed by atoms with Gasteiger partial charge in [-0.2, -0.15) is 9.47 Å². The number of rotatable bonds is 3. The van der Waals surface area contributed by atoms with E-state index in [1.165, 1.54) is 16.7 Å². The molecule has 0 saturated heterocycles. The van der Waals surface area contributed by atoms with E-state index in [9.17, 15) is 0 Å². The minimum Gasteiger partial charge on any atom is -0.456 e. The molecule has 3 aliphatic rings. The molecule has 1 spiro atoms. The number of hydrogen-bond acceptors (Lipinski definition) is 2. The van der Waals surface area contributed by atoms with Crippen LogP contribution in [0.1, 0.15) is 11.1 Å². The maximum absolute atomic E-state index is 6.71. The fourth-order valence-corrected chi connectivity index (χ4v) is 7.46. The van der Waals surface area contributed by atoms with Gasteiger partial charge in [-0.25, -0.2) is 0 Å². The summed E-state index contributed by atoms with van der Waals surface area (Å²) in [5.41, 5.74) is 9.68. The van der Waals surface area contributed by atoms with Gasteiger partial charge in [-0.05, 0) is 59.2 Å². The number of hydrogen-bond donors (Lipinski definition) is 0. The molecule has 10 rings (SSSR count). The first kappa shape index (κ1) is 23.6. The first-order valence-corrected chi connectivity index (χ1v) is 14.9. The van der Waals surface area contributed by atoms with Crippen LogP contribution in [-0.2, 0) is 5.66 Å². The van der Waals surface area contributed by atoms with Crippen molar-refractivity contribution >= 4 is 17.2 Å². The Labute approximate surface area is 254 Å². The van der Waals surface area contributed by atoms with Crippen LogP contribution >= 0.6 is 0 Å². The summed E-state index contributed by atoms with van der Waals surface area (Å²) in [7, 11) is 0. The molecule has 5 nitrogen and oxygen atoms in total. The van der Waals surface area contributed by atoms with Crippen LogP contribution in [-0.4, -0.2) is 4.68 Å². The van der Waals surface area contributed by atoms with Gasteiger partial charge < -0.3 is 4.74 Å². The Balaban J connectivity index is 1.25. The summed E-state index contributed by atoms with van der Waals surface area (Å²) in [6.07, 6.45) is 6.77. The smallest absolute Gasteiger partial charge is 0.397 e. The molecular formula is C39H26N4O+2. The lowest BCUT2D eigenvalue weighted by Gasteiger charge is -2.36. The summed E-state index contributed by atoms with van der Waals surface area (Å²) in [6.45, 7) is 0. The predicted octanol–water partition coefficient (Wildman–Crippen LogP) is 7.89. The van der Waals surface area contributed by atoms with E-state index in [-0.39, 0.29) is 0 Å². The van der Waals surface area contributed by atoms with Crippen molar-refractivity contribution in [3.63, 3.8) is 0 Å². The molecule has 0 fully saturated rings. The first-order chi connectivity index (χ1) is 21.8. The van der Waals surface area contributed by atoms with Crippen molar-refractivity contribution in [1.82, 2.24) is 4.68 Å². The fraction of sp³-hybridized carbons (Fsp3) is 0.0256. The molecule has 7 aromatic rings. The van der Waals surface area contributed by atoms with Gasteiger partial charge in [0.25, 0.3) is 5.82 Å². The number of ether oxygens (including phenoxy) is 1. The van der Waals surface area contributed by atoms with E-state index in [0.717, 1.165) is 51.1 Å². The Morgan fingerprint density at radius 2 is 1.14 bits per heavy atom. The second-order valence-corrected chi connectivity index (χ2v) is 11.5. The van der Waals surface area contributed by atoms with Crippen molar-refractivity contribution in [2.45, 2.75) is 5.66 Å². The standard InChI is InChI=1S/C39H26N4O/c1-3-11-27(12-4-1)28-20-22-29(23-21-28)30-25-41-32-15-9-17-34-37(32)39(42(41)26-30)38-33(16-10-18-35(38)44-34)43(31-13-5-2-6-14-31)36-19-7-8-24-40(36)39/h1-26H/q+2. The maximum atomic E-state index is 6.71. The molecule has 2 aromatic heterocycles. The van der Waals surface area contributed by atoms with Gasteiger partial charge in [0.1, 0.15) is 28.4 Å². The summed E-state index contributed by atoms with van der Waals surface area (Å²) in [6, 6.07) is 49.3. The highest BCUT2D eigenvalue weighted by Gasteiger charge is 2.69. The highest BCUT2D eigenvalue weighted by Crippen LogP contribution is 2.56. The highest BCUT2D eigenvalue weighted by atomic mass is 16.5. The van der Waals surface area contributed by atoms with Crippen molar-refractivity contribution in [2.75, 3.05) is 4.90 Å². The monoisotopic (exact) mass is 566 g/mol. The van der Waals surface area contributed by atoms with E-state index in [1.807, 2.05) is 0 Å². The van der Waals surface area contributed by atoms with E-state index in [0.29, 0.717) is 0 Å². The second-order valence-electron chi connectivity index (χ2n) is 11.5. The average Bonchev–Trinajstić information content (AvgIpc) is 3.65. The molecule has 0 saturated carbocycles. The number of anilines is 3. The van der Waals surface area contributed by atoms with Crippen molar-refractivity contribution < 1.29 is 14.0 Å². The largest absolute Gasteiger partial charge is 0.456 e. The number of nitrogens with zero attached hydrogens (tertiary/aromatic N) is 4.